The van der Waals surface area contributed by atoms with E-state index in [-0.39, 0.29) is 31.1 Å². The molecule has 0 spiro atoms. The average Bonchev–Trinajstić information content (AvgIpc) is 3.34. The van der Waals surface area contributed by atoms with E-state index >= 15 is 0 Å². The van der Waals surface area contributed by atoms with E-state index in [1.165, 1.54) is 148 Å². The summed E-state index contributed by atoms with van der Waals surface area (Å²) in [5, 5.41) is 0. The summed E-state index contributed by atoms with van der Waals surface area (Å²) >= 11 is 0. The molecule has 0 heterocycles. The van der Waals surface area contributed by atoms with Gasteiger partial charge >= 0.3 is 17.9 Å². The molecular formula is C62H110O6. The molecule has 0 rings (SSSR count). The van der Waals surface area contributed by atoms with Crippen molar-refractivity contribution in [2.24, 2.45) is 0 Å². The summed E-state index contributed by atoms with van der Waals surface area (Å²) in [4.78, 5) is 38.2. The summed E-state index contributed by atoms with van der Waals surface area (Å²) in [5.41, 5.74) is 0. The molecule has 1 unspecified atom stereocenters. The van der Waals surface area contributed by atoms with Crippen LogP contribution in [0.1, 0.15) is 297 Å². The molecule has 0 aromatic heterocycles. The zero-order valence-corrected chi connectivity index (χ0v) is 45.1. The molecule has 6 nitrogen and oxygen atoms in total. The number of carbonyl (C=O) groups is 3. The predicted molar refractivity (Wildman–Crippen MR) is 293 cm³/mol. The average molecular weight is 952 g/mol. The Morgan fingerprint density at radius 1 is 0.324 bits per heavy atom. The van der Waals surface area contributed by atoms with Gasteiger partial charge in [-0.15, -0.1) is 0 Å². The van der Waals surface area contributed by atoms with Crippen molar-refractivity contribution in [2.45, 2.75) is 303 Å². The molecule has 0 aliphatic rings. The molecule has 0 aromatic rings. The molecule has 0 saturated heterocycles. The Morgan fingerprint density at radius 3 is 0.985 bits per heavy atom. The first-order valence-corrected chi connectivity index (χ1v) is 29.3. The number of ether oxygens (including phenoxy) is 3. The van der Waals surface area contributed by atoms with Gasteiger partial charge in [0.1, 0.15) is 13.2 Å². The van der Waals surface area contributed by atoms with Gasteiger partial charge in [-0.3, -0.25) is 14.4 Å². The van der Waals surface area contributed by atoms with Crippen molar-refractivity contribution in [2.75, 3.05) is 13.2 Å². The first-order valence-electron chi connectivity index (χ1n) is 29.3. The Hall–Kier alpha value is -2.89. The molecule has 0 bridgehead atoms. The van der Waals surface area contributed by atoms with Crippen molar-refractivity contribution in [1.82, 2.24) is 0 Å². The first kappa shape index (κ1) is 65.1. The highest BCUT2D eigenvalue weighted by Crippen LogP contribution is 2.16. The number of hydrogen-bond acceptors (Lipinski definition) is 6. The van der Waals surface area contributed by atoms with Gasteiger partial charge < -0.3 is 14.2 Å². The smallest absolute Gasteiger partial charge is 0.306 e. The van der Waals surface area contributed by atoms with Crippen LogP contribution in [0.15, 0.2) is 60.8 Å². The van der Waals surface area contributed by atoms with E-state index < -0.39 is 6.10 Å². The van der Waals surface area contributed by atoms with Crippen LogP contribution in [-0.4, -0.2) is 37.2 Å². The number of carbonyl (C=O) groups excluding carboxylic acids is 3. The van der Waals surface area contributed by atoms with Gasteiger partial charge in [0.2, 0.25) is 0 Å². The minimum Gasteiger partial charge on any atom is -0.462 e. The van der Waals surface area contributed by atoms with Crippen LogP contribution >= 0.6 is 0 Å². The van der Waals surface area contributed by atoms with E-state index in [9.17, 15) is 14.4 Å². The highest BCUT2D eigenvalue weighted by molar-refractivity contribution is 5.71. The van der Waals surface area contributed by atoms with Gasteiger partial charge in [0.15, 0.2) is 6.10 Å². The van der Waals surface area contributed by atoms with Gasteiger partial charge in [-0.25, -0.2) is 0 Å². The third kappa shape index (κ3) is 54.1. The molecule has 394 valence electrons. The Kier molecular flexibility index (Phi) is 54.3. The van der Waals surface area contributed by atoms with Crippen LogP contribution in [0.25, 0.3) is 0 Å². The maximum Gasteiger partial charge on any atom is 0.306 e. The molecular weight excluding hydrogens is 841 g/mol. The lowest BCUT2D eigenvalue weighted by Crippen LogP contribution is -2.30. The summed E-state index contributed by atoms with van der Waals surface area (Å²) in [6, 6.07) is 0. The van der Waals surface area contributed by atoms with Crippen LogP contribution in [0, 0.1) is 0 Å². The predicted octanol–water partition coefficient (Wildman–Crippen LogP) is 19.6. The van der Waals surface area contributed by atoms with E-state index in [0.29, 0.717) is 19.3 Å². The second-order valence-corrected chi connectivity index (χ2v) is 19.6. The third-order valence-electron chi connectivity index (χ3n) is 12.8. The summed E-state index contributed by atoms with van der Waals surface area (Å²) < 4.78 is 16.9. The van der Waals surface area contributed by atoms with Crippen LogP contribution in [0.4, 0.5) is 0 Å². The summed E-state index contributed by atoms with van der Waals surface area (Å²) in [6.07, 6.45) is 70.7. The molecule has 0 radical (unpaired) electrons. The standard InChI is InChI=1S/C62H110O6/c1-4-7-10-13-16-19-22-25-28-30-32-34-37-40-43-46-49-52-55-61(64)67-58-59(57-66-60(63)54-51-48-45-42-39-36-27-24-21-18-15-12-9-6-3)68-62(65)56-53-50-47-44-41-38-35-33-31-29-26-23-20-17-14-11-8-5-2/h9,12,18,21,27-28,30,32,34,36,59H,4-8,10-11,13-17,19-20,22-26,29,31,33,35,37-58H2,1-3H3/b12-9-,21-18-,30-28-,34-32-,36-27-. The fourth-order valence-electron chi connectivity index (χ4n) is 8.39. The van der Waals surface area contributed by atoms with Crippen molar-refractivity contribution >= 4 is 17.9 Å². The van der Waals surface area contributed by atoms with E-state index in [4.69, 9.17) is 14.2 Å². The van der Waals surface area contributed by atoms with E-state index in [1.807, 2.05) is 0 Å². The SMILES string of the molecule is CC/C=C\C/C=C\C/C=C\CCCCCCC(=O)OCC(COC(=O)CCCCCCC/C=C\C=C/CCCCCCCCC)OC(=O)CCCCCCCCCCCCCCCCCCCC. The fraction of sp³-hybridized carbons (Fsp3) is 0.790. The highest BCUT2D eigenvalue weighted by atomic mass is 16.6. The second kappa shape index (κ2) is 56.7. The molecule has 0 amide bonds. The third-order valence-corrected chi connectivity index (χ3v) is 12.8. The Morgan fingerprint density at radius 2 is 0.618 bits per heavy atom. The Labute approximate surface area is 421 Å². The number of rotatable bonds is 53. The topological polar surface area (TPSA) is 78.9 Å². The largest absolute Gasteiger partial charge is 0.462 e. The lowest BCUT2D eigenvalue weighted by molar-refractivity contribution is -0.167. The van der Waals surface area contributed by atoms with Crippen LogP contribution in [0.2, 0.25) is 0 Å². The quantitative estimate of drug-likeness (QED) is 0.0199. The van der Waals surface area contributed by atoms with Crippen LogP contribution < -0.4 is 0 Å². The van der Waals surface area contributed by atoms with Gasteiger partial charge in [0.25, 0.3) is 0 Å². The minimum absolute atomic E-state index is 0.0873. The van der Waals surface area contributed by atoms with E-state index in [0.717, 1.165) is 109 Å². The fourth-order valence-corrected chi connectivity index (χ4v) is 8.39. The number of esters is 3. The van der Waals surface area contributed by atoms with Crippen molar-refractivity contribution in [3.63, 3.8) is 0 Å². The van der Waals surface area contributed by atoms with Gasteiger partial charge in [-0.1, -0.05) is 261 Å². The molecule has 1 atom stereocenters. The van der Waals surface area contributed by atoms with Crippen LogP contribution in [0.3, 0.4) is 0 Å². The van der Waals surface area contributed by atoms with Gasteiger partial charge in [-0.2, -0.15) is 0 Å². The lowest BCUT2D eigenvalue weighted by Gasteiger charge is -2.18. The monoisotopic (exact) mass is 951 g/mol. The first-order chi connectivity index (χ1) is 33.5. The normalized spacial score (nSPS) is 12.5. The van der Waals surface area contributed by atoms with Crippen LogP contribution in [-0.2, 0) is 28.6 Å². The zero-order chi connectivity index (χ0) is 49.3. The van der Waals surface area contributed by atoms with Gasteiger partial charge in [-0.05, 0) is 77.0 Å². The summed E-state index contributed by atoms with van der Waals surface area (Å²) in [7, 11) is 0. The molecule has 0 aromatic carbocycles. The Bertz CT molecular complexity index is 1230. The number of unbranched alkanes of at least 4 members (excludes halogenated alkanes) is 33. The van der Waals surface area contributed by atoms with E-state index in [1.54, 1.807) is 0 Å². The molecule has 0 fully saturated rings. The minimum atomic E-state index is -0.788. The molecule has 0 aliphatic carbocycles. The van der Waals surface area contributed by atoms with Gasteiger partial charge in [0.05, 0.1) is 0 Å². The molecule has 68 heavy (non-hydrogen) atoms. The molecule has 0 N–H and O–H groups in total. The number of allylic oxidation sites excluding steroid dienone is 10. The van der Waals surface area contributed by atoms with Crippen molar-refractivity contribution in [3.05, 3.63) is 60.8 Å². The van der Waals surface area contributed by atoms with Crippen LogP contribution in [0.5, 0.6) is 0 Å². The van der Waals surface area contributed by atoms with Crippen molar-refractivity contribution in [1.29, 1.82) is 0 Å². The summed E-state index contributed by atoms with van der Waals surface area (Å²) in [6.45, 7) is 6.52. The second-order valence-electron chi connectivity index (χ2n) is 19.6. The zero-order valence-electron chi connectivity index (χ0n) is 45.1. The maximum atomic E-state index is 12.9. The van der Waals surface area contributed by atoms with Crippen molar-refractivity contribution < 1.29 is 28.6 Å². The highest BCUT2D eigenvalue weighted by Gasteiger charge is 2.19. The van der Waals surface area contributed by atoms with Gasteiger partial charge in [0, 0.05) is 19.3 Å². The molecule has 6 heteroatoms. The summed E-state index contributed by atoms with van der Waals surface area (Å²) in [5.74, 6) is -0.910. The molecule has 0 aliphatic heterocycles. The van der Waals surface area contributed by atoms with Crippen molar-refractivity contribution in [3.8, 4) is 0 Å². The lowest BCUT2D eigenvalue weighted by atomic mass is 10.0. The molecule has 0 saturated carbocycles. The Balaban J connectivity index is 4.39. The maximum absolute atomic E-state index is 12.9. The number of hydrogen-bond donors (Lipinski definition) is 0. The van der Waals surface area contributed by atoms with E-state index in [2.05, 4.69) is 81.5 Å².